The fraction of sp³-hybridized carbons (Fsp3) is 0.150. The van der Waals surface area contributed by atoms with Crippen LogP contribution in [0.1, 0.15) is 11.4 Å². The van der Waals surface area contributed by atoms with Crippen LogP contribution in [0.4, 0.5) is 0 Å². The zero-order chi connectivity index (χ0) is 19.2. The maximum Gasteiger partial charge on any atom is 0.143 e. The van der Waals surface area contributed by atoms with Gasteiger partial charge in [-0.15, -0.1) is 0 Å². The van der Waals surface area contributed by atoms with E-state index in [1.54, 1.807) is 24.4 Å². The number of imidazole rings is 1. The van der Waals surface area contributed by atoms with Crippen LogP contribution < -0.4 is 4.74 Å². The van der Waals surface area contributed by atoms with Crippen molar-refractivity contribution in [3.63, 3.8) is 0 Å². The van der Waals surface area contributed by atoms with Gasteiger partial charge in [0.1, 0.15) is 30.5 Å². The highest BCUT2D eigenvalue weighted by Crippen LogP contribution is 2.27. The lowest BCUT2D eigenvalue weighted by atomic mass is 10.2. The minimum atomic E-state index is 0.329. The summed E-state index contributed by atoms with van der Waals surface area (Å²) in [5.41, 5.74) is 0.900. The summed E-state index contributed by atoms with van der Waals surface area (Å²) in [4.78, 5) is 4.22. The first-order valence-electron chi connectivity index (χ1n) is 8.21. The van der Waals surface area contributed by atoms with Gasteiger partial charge in [0.2, 0.25) is 0 Å². The molecular weight excluding hydrogens is 407 g/mol. The van der Waals surface area contributed by atoms with E-state index in [0.717, 1.165) is 11.4 Å². The normalized spacial score (nSPS) is 11.5. The SMILES string of the molecule is Cc1nccn1/C=C(/OCCOc1ccc(Cl)cc1Cl)c1ccc(Cl)cc1. The number of aromatic nitrogens is 2. The van der Waals surface area contributed by atoms with Gasteiger partial charge < -0.3 is 14.0 Å². The van der Waals surface area contributed by atoms with E-state index in [4.69, 9.17) is 44.3 Å². The number of ether oxygens (including phenoxy) is 2. The number of aryl methyl sites for hydroxylation is 1. The Labute approximate surface area is 172 Å². The van der Waals surface area contributed by atoms with E-state index in [0.29, 0.717) is 39.8 Å². The summed E-state index contributed by atoms with van der Waals surface area (Å²) in [6, 6.07) is 12.5. The predicted molar refractivity (Wildman–Crippen MR) is 110 cm³/mol. The number of rotatable bonds is 7. The maximum atomic E-state index is 6.11. The molecule has 0 aliphatic carbocycles. The Morgan fingerprint density at radius 3 is 2.44 bits per heavy atom. The molecule has 0 atom stereocenters. The van der Waals surface area contributed by atoms with Crippen LogP contribution in [0.15, 0.2) is 54.9 Å². The highest BCUT2D eigenvalue weighted by atomic mass is 35.5. The molecule has 3 aromatic rings. The molecule has 0 amide bonds. The van der Waals surface area contributed by atoms with E-state index < -0.39 is 0 Å². The van der Waals surface area contributed by atoms with Gasteiger partial charge in [-0.2, -0.15) is 0 Å². The summed E-state index contributed by atoms with van der Waals surface area (Å²) in [6.07, 6.45) is 5.47. The van der Waals surface area contributed by atoms with Crippen LogP contribution in [0.3, 0.4) is 0 Å². The summed E-state index contributed by atoms with van der Waals surface area (Å²) in [5, 5.41) is 1.69. The van der Waals surface area contributed by atoms with Crippen LogP contribution in [0.5, 0.6) is 5.75 Å². The lowest BCUT2D eigenvalue weighted by Gasteiger charge is -2.13. The lowest BCUT2D eigenvalue weighted by Crippen LogP contribution is -2.07. The van der Waals surface area contributed by atoms with Crippen molar-refractivity contribution in [2.75, 3.05) is 13.2 Å². The fourth-order valence-electron chi connectivity index (χ4n) is 2.36. The molecule has 140 valence electrons. The summed E-state index contributed by atoms with van der Waals surface area (Å²) in [7, 11) is 0. The summed E-state index contributed by atoms with van der Waals surface area (Å²) in [5.74, 6) is 2.10. The molecule has 0 aliphatic rings. The Morgan fingerprint density at radius 1 is 1.04 bits per heavy atom. The van der Waals surface area contributed by atoms with Crippen molar-refractivity contribution in [2.24, 2.45) is 0 Å². The van der Waals surface area contributed by atoms with Gasteiger partial charge in [-0.05, 0) is 49.4 Å². The molecule has 0 saturated heterocycles. The number of halogens is 3. The Morgan fingerprint density at radius 2 is 1.78 bits per heavy atom. The van der Waals surface area contributed by atoms with E-state index in [9.17, 15) is 0 Å². The van der Waals surface area contributed by atoms with Crippen molar-refractivity contribution < 1.29 is 9.47 Å². The van der Waals surface area contributed by atoms with Gasteiger partial charge in [0.05, 0.1) is 11.2 Å². The fourth-order valence-corrected chi connectivity index (χ4v) is 2.94. The topological polar surface area (TPSA) is 36.3 Å². The monoisotopic (exact) mass is 422 g/mol. The van der Waals surface area contributed by atoms with Crippen molar-refractivity contribution in [1.82, 2.24) is 9.55 Å². The van der Waals surface area contributed by atoms with Crippen LogP contribution in [0, 0.1) is 6.92 Å². The number of hydrogen-bond donors (Lipinski definition) is 0. The molecule has 0 unspecified atom stereocenters. The summed E-state index contributed by atoms with van der Waals surface area (Å²) >= 11 is 18.0. The van der Waals surface area contributed by atoms with Crippen LogP contribution in [-0.2, 0) is 4.74 Å². The first-order chi connectivity index (χ1) is 13.0. The van der Waals surface area contributed by atoms with Gasteiger partial charge in [-0.3, -0.25) is 0 Å². The molecule has 0 N–H and O–H groups in total. The molecule has 0 fully saturated rings. The van der Waals surface area contributed by atoms with Gasteiger partial charge in [0.15, 0.2) is 0 Å². The second-order valence-electron chi connectivity index (χ2n) is 5.65. The van der Waals surface area contributed by atoms with Crippen LogP contribution in [0.2, 0.25) is 15.1 Å². The Hall–Kier alpha value is -2.14. The standard InChI is InChI=1S/C20H17Cl3N2O2/c1-14-24-8-9-25(14)13-20(15-2-4-16(21)5-3-15)27-11-10-26-19-7-6-17(22)12-18(19)23/h2-9,12-13H,10-11H2,1H3/b20-13+. The summed E-state index contributed by atoms with van der Waals surface area (Å²) < 4.78 is 13.5. The van der Waals surface area contributed by atoms with Crippen LogP contribution >= 0.6 is 34.8 Å². The number of hydrogen-bond acceptors (Lipinski definition) is 3. The van der Waals surface area contributed by atoms with Gasteiger partial charge in [-0.1, -0.05) is 34.8 Å². The van der Waals surface area contributed by atoms with Crippen LogP contribution in [0.25, 0.3) is 12.0 Å². The Kier molecular flexibility index (Phi) is 6.67. The van der Waals surface area contributed by atoms with Crippen molar-refractivity contribution >= 4 is 46.8 Å². The van der Waals surface area contributed by atoms with Crippen molar-refractivity contribution in [3.8, 4) is 5.75 Å². The second-order valence-corrected chi connectivity index (χ2v) is 6.93. The zero-order valence-corrected chi connectivity index (χ0v) is 16.8. The Bertz CT molecular complexity index is 937. The smallest absolute Gasteiger partial charge is 0.143 e. The molecule has 0 aliphatic heterocycles. The van der Waals surface area contributed by atoms with E-state index in [2.05, 4.69) is 4.98 Å². The third-order valence-electron chi connectivity index (χ3n) is 3.74. The molecule has 0 saturated carbocycles. The molecule has 1 heterocycles. The molecule has 1 aromatic heterocycles. The quantitative estimate of drug-likeness (QED) is 0.335. The Balaban J connectivity index is 1.69. The van der Waals surface area contributed by atoms with E-state index in [1.165, 1.54) is 0 Å². The second kappa shape index (κ2) is 9.18. The van der Waals surface area contributed by atoms with Crippen LogP contribution in [-0.4, -0.2) is 22.8 Å². The summed E-state index contributed by atoms with van der Waals surface area (Å²) in [6.45, 7) is 2.58. The minimum absolute atomic E-state index is 0.329. The number of nitrogens with zero attached hydrogens (tertiary/aromatic N) is 2. The van der Waals surface area contributed by atoms with Crippen molar-refractivity contribution in [3.05, 3.63) is 81.3 Å². The van der Waals surface area contributed by atoms with Gasteiger partial charge in [-0.25, -0.2) is 4.98 Å². The molecular formula is C20H17Cl3N2O2. The average molecular weight is 424 g/mol. The molecule has 7 heteroatoms. The third kappa shape index (κ3) is 5.42. The molecule has 27 heavy (non-hydrogen) atoms. The number of benzene rings is 2. The van der Waals surface area contributed by atoms with Crippen molar-refractivity contribution in [2.45, 2.75) is 6.92 Å². The molecule has 0 bridgehead atoms. The highest BCUT2D eigenvalue weighted by Gasteiger charge is 2.07. The highest BCUT2D eigenvalue weighted by molar-refractivity contribution is 6.35. The third-order valence-corrected chi connectivity index (χ3v) is 4.52. The first-order valence-corrected chi connectivity index (χ1v) is 9.34. The van der Waals surface area contributed by atoms with E-state index in [-0.39, 0.29) is 0 Å². The lowest BCUT2D eigenvalue weighted by molar-refractivity contribution is 0.195. The van der Waals surface area contributed by atoms with Gasteiger partial charge in [0, 0.05) is 28.0 Å². The maximum absolute atomic E-state index is 6.11. The molecule has 2 aromatic carbocycles. The predicted octanol–water partition coefficient (Wildman–Crippen LogP) is 6.20. The van der Waals surface area contributed by atoms with E-state index in [1.807, 2.05) is 48.2 Å². The molecule has 3 rings (SSSR count). The first kappa shape index (κ1) is 19.6. The van der Waals surface area contributed by atoms with Gasteiger partial charge >= 0.3 is 0 Å². The molecule has 0 radical (unpaired) electrons. The largest absolute Gasteiger partial charge is 0.488 e. The van der Waals surface area contributed by atoms with Crippen molar-refractivity contribution in [1.29, 1.82) is 0 Å². The molecule has 4 nitrogen and oxygen atoms in total. The minimum Gasteiger partial charge on any atom is -0.488 e. The van der Waals surface area contributed by atoms with E-state index >= 15 is 0 Å². The average Bonchev–Trinajstić information content (AvgIpc) is 3.04. The molecule has 0 spiro atoms. The zero-order valence-electron chi connectivity index (χ0n) is 14.5. The van der Waals surface area contributed by atoms with Gasteiger partial charge in [0.25, 0.3) is 0 Å².